The number of hydrogen-bond acceptors (Lipinski definition) is 4. The highest BCUT2D eigenvalue weighted by atomic mass is 32.1. The van der Waals surface area contributed by atoms with Gasteiger partial charge in [-0.3, -0.25) is 9.59 Å². The van der Waals surface area contributed by atoms with Crippen LogP contribution in [0.25, 0.3) is 10.6 Å². The van der Waals surface area contributed by atoms with Crippen molar-refractivity contribution in [3.05, 3.63) is 52.2 Å². The first-order valence-corrected chi connectivity index (χ1v) is 9.14. The summed E-state index contributed by atoms with van der Waals surface area (Å²) in [6, 6.07) is 7.05. The summed E-state index contributed by atoms with van der Waals surface area (Å²) < 4.78 is 1.24. The number of amides is 1. The Morgan fingerprint density at radius 2 is 2.21 bits per heavy atom. The first-order chi connectivity index (χ1) is 11.7. The molecule has 24 heavy (non-hydrogen) atoms. The Morgan fingerprint density at radius 3 is 2.92 bits per heavy atom. The molecular formula is C18H19N3O2S. The third-order valence-corrected chi connectivity index (χ3v) is 5.80. The zero-order chi connectivity index (χ0) is 16.5. The first-order valence-electron chi connectivity index (χ1n) is 8.26. The molecule has 1 saturated carbocycles. The van der Waals surface area contributed by atoms with Crippen LogP contribution in [0.1, 0.15) is 12.8 Å². The highest BCUT2D eigenvalue weighted by molar-refractivity contribution is 7.13. The highest BCUT2D eigenvalue weighted by Gasteiger charge is 2.35. The molecule has 6 heteroatoms. The molecule has 4 rings (SSSR count). The van der Waals surface area contributed by atoms with E-state index in [0.29, 0.717) is 24.3 Å². The van der Waals surface area contributed by atoms with Crippen molar-refractivity contribution < 1.29 is 4.79 Å². The number of nitrogens with one attached hydrogen (secondary N) is 1. The van der Waals surface area contributed by atoms with Crippen LogP contribution in [0.15, 0.2) is 46.6 Å². The summed E-state index contributed by atoms with van der Waals surface area (Å²) in [6.45, 7) is 0.651. The fraction of sp³-hybridized carbons (Fsp3) is 0.389. The lowest BCUT2D eigenvalue weighted by atomic mass is 9.94. The molecule has 0 unspecified atom stereocenters. The van der Waals surface area contributed by atoms with Gasteiger partial charge in [0.25, 0.3) is 5.56 Å². The lowest BCUT2D eigenvalue weighted by Crippen LogP contribution is -2.36. The Hall–Kier alpha value is -2.21. The summed E-state index contributed by atoms with van der Waals surface area (Å²) in [5.41, 5.74) is 0.462. The molecule has 2 bridgehead atoms. The molecule has 2 aromatic rings. The second kappa shape index (κ2) is 6.36. The summed E-state index contributed by atoms with van der Waals surface area (Å²) >= 11 is 1.56. The fourth-order valence-corrected chi connectivity index (χ4v) is 4.37. The van der Waals surface area contributed by atoms with Crippen molar-refractivity contribution in [3.63, 3.8) is 0 Å². The number of thiophene rings is 1. The van der Waals surface area contributed by atoms with Gasteiger partial charge in [-0.05, 0) is 48.1 Å². The Labute approximate surface area is 144 Å². The maximum atomic E-state index is 12.2. The molecule has 2 aromatic heterocycles. The number of rotatable bonds is 5. The minimum Gasteiger partial charge on any atom is -0.354 e. The number of allylic oxidation sites excluding steroid dienone is 2. The van der Waals surface area contributed by atoms with Gasteiger partial charge in [0, 0.05) is 12.6 Å². The predicted molar refractivity (Wildman–Crippen MR) is 93.7 cm³/mol. The zero-order valence-electron chi connectivity index (χ0n) is 13.2. The van der Waals surface area contributed by atoms with E-state index in [1.165, 1.54) is 17.2 Å². The van der Waals surface area contributed by atoms with Crippen molar-refractivity contribution in [1.82, 2.24) is 15.1 Å². The van der Waals surface area contributed by atoms with Gasteiger partial charge in [-0.15, -0.1) is 11.3 Å². The smallest absolute Gasteiger partial charge is 0.267 e. The first kappa shape index (κ1) is 15.3. The van der Waals surface area contributed by atoms with Crippen LogP contribution in [0.4, 0.5) is 0 Å². The minimum atomic E-state index is -0.256. The van der Waals surface area contributed by atoms with Crippen molar-refractivity contribution >= 4 is 17.2 Å². The van der Waals surface area contributed by atoms with E-state index in [9.17, 15) is 9.59 Å². The maximum absolute atomic E-state index is 12.2. The molecule has 3 atom stereocenters. The molecule has 0 saturated heterocycles. The van der Waals surface area contributed by atoms with Gasteiger partial charge < -0.3 is 5.32 Å². The average molecular weight is 341 g/mol. The quantitative estimate of drug-likeness (QED) is 0.849. The van der Waals surface area contributed by atoms with Crippen LogP contribution in [0, 0.1) is 17.8 Å². The molecule has 2 aliphatic carbocycles. The number of carbonyl (C=O) groups is 1. The molecule has 1 amide bonds. The molecule has 1 N–H and O–H groups in total. The minimum absolute atomic E-state index is 0.0330. The van der Waals surface area contributed by atoms with Crippen LogP contribution in [-0.4, -0.2) is 22.2 Å². The average Bonchev–Trinajstić information content (AvgIpc) is 3.32. The van der Waals surface area contributed by atoms with Crippen LogP contribution in [-0.2, 0) is 11.3 Å². The van der Waals surface area contributed by atoms with E-state index >= 15 is 0 Å². The van der Waals surface area contributed by atoms with Gasteiger partial charge in [-0.2, -0.15) is 5.10 Å². The molecule has 0 radical (unpaired) electrons. The van der Waals surface area contributed by atoms with Crippen molar-refractivity contribution in [1.29, 1.82) is 0 Å². The molecule has 5 nitrogen and oxygen atoms in total. The summed E-state index contributed by atoms with van der Waals surface area (Å²) in [7, 11) is 0. The SMILES string of the molecule is O=C(Cn1nc(-c2cccs2)ccc1=O)NC[C@H]1C[C@@H]2C=C[C@H]1C2. The van der Waals surface area contributed by atoms with Gasteiger partial charge in [0.1, 0.15) is 12.2 Å². The van der Waals surface area contributed by atoms with Gasteiger partial charge in [0.05, 0.1) is 4.88 Å². The van der Waals surface area contributed by atoms with Crippen molar-refractivity contribution in [2.45, 2.75) is 19.4 Å². The zero-order valence-corrected chi connectivity index (χ0v) is 14.0. The summed E-state index contributed by atoms with van der Waals surface area (Å²) in [4.78, 5) is 25.1. The maximum Gasteiger partial charge on any atom is 0.267 e. The Balaban J connectivity index is 1.39. The third-order valence-electron chi connectivity index (χ3n) is 4.91. The predicted octanol–water partition coefficient (Wildman–Crippen LogP) is 2.30. The highest BCUT2D eigenvalue weighted by Crippen LogP contribution is 2.42. The summed E-state index contributed by atoms with van der Waals surface area (Å²) in [5.74, 6) is 1.69. The van der Waals surface area contributed by atoms with E-state index in [-0.39, 0.29) is 18.0 Å². The van der Waals surface area contributed by atoms with E-state index in [0.717, 1.165) is 17.0 Å². The van der Waals surface area contributed by atoms with E-state index < -0.39 is 0 Å². The standard InChI is InChI=1S/C18H19N3O2S/c22-17(19-10-14-9-12-3-4-13(14)8-12)11-21-18(23)6-5-15(20-21)16-2-1-7-24-16/h1-7,12-14H,8-11H2,(H,19,22)/t12-,13+,14-/m1/s1. The number of hydrogen-bond donors (Lipinski definition) is 1. The largest absolute Gasteiger partial charge is 0.354 e. The van der Waals surface area contributed by atoms with Crippen LogP contribution in [0.2, 0.25) is 0 Å². The Bertz CT molecular complexity index is 825. The van der Waals surface area contributed by atoms with Gasteiger partial charge in [0.15, 0.2) is 0 Å². The van der Waals surface area contributed by atoms with Crippen LogP contribution in [0.5, 0.6) is 0 Å². The normalized spacial score (nSPS) is 24.4. The fourth-order valence-electron chi connectivity index (χ4n) is 3.68. The van der Waals surface area contributed by atoms with Gasteiger partial charge >= 0.3 is 0 Å². The van der Waals surface area contributed by atoms with Gasteiger partial charge in [0.2, 0.25) is 5.91 Å². The summed E-state index contributed by atoms with van der Waals surface area (Å²) in [6.07, 6.45) is 6.96. The topological polar surface area (TPSA) is 64.0 Å². The summed E-state index contributed by atoms with van der Waals surface area (Å²) in [5, 5.41) is 9.25. The lowest BCUT2D eigenvalue weighted by molar-refractivity contribution is -0.122. The number of carbonyl (C=O) groups excluding carboxylic acids is 1. The molecule has 2 heterocycles. The van der Waals surface area contributed by atoms with E-state index in [2.05, 4.69) is 22.6 Å². The lowest BCUT2D eigenvalue weighted by Gasteiger charge is -2.18. The molecule has 0 spiro atoms. The molecule has 0 aliphatic heterocycles. The monoisotopic (exact) mass is 341 g/mol. The molecule has 0 aromatic carbocycles. The second-order valence-corrected chi connectivity index (χ2v) is 7.48. The second-order valence-electron chi connectivity index (χ2n) is 6.54. The van der Waals surface area contributed by atoms with E-state index in [4.69, 9.17) is 0 Å². The molecule has 1 fully saturated rings. The van der Waals surface area contributed by atoms with Crippen LogP contribution < -0.4 is 10.9 Å². The molecule has 2 aliphatic rings. The van der Waals surface area contributed by atoms with Gasteiger partial charge in [-0.25, -0.2) is 4.68 Å². The Morgan fingerprint density at radius 1 is 1.29 bits per heavy atom. The van der Waals surface area contributed by atoms with Crippen molar-refractivity contribution in [2.75, 3.05) is 6.54 Å². The molecule has 124 valence electrons. The van der Waals surface area contributed by atoms with E-state index in [1.807, 2.05) is 17.5 Å². The van der Waals surface area contributed by atoms with Crippen molar-refractivity contribution in [3.8, 4) is 10.6 Å². The van der Waals surface area contributed by atoms with Gasteiger partial charge in [-0.1, -0.05) is 18.2 Å². The number of nitrogens with zero attached hydrogens (tertiary/aromatic N) is 2. The third kappa shape index (κ3) is 3.06. The molecular weight excluding hydrogens is 322 g/mol. The van der Waals surface area contributed by atoms with Crippen molar-refractivity contribution in [2.24, 2.45) is 17.8 Å². The number of fused-ring (bicyclic) bond motifs is 2. The van der Waals surface area contributed by atoms with E-state index in [1.54, 1.807) is 17.4 Å². The van der Waals surface area contributed by atoms with Crippen LogP contribution >= 0.6 is 11.3 Å². The Kier molecular flexibility index (Phi) is 4.06. The van der Waals surface area contributed by atoms with Crippen LogP contribution in [0.3, 0.4) is 0 Å². The number of aromatic nitrogens is 2.